The zero-order valence-corrected chi connectivity index (χ0v) is 12.9. The van der Waals surface area contributed by atoms with Gasteiger partial charge in [-0.2, -0.15) is 0 Å². The molecule has 0 saturated heterocycles. The Labute approximate surface area is 130 Å². The lowest BCUT2D eigenvalue weighted by Gasteiger charge is -2.11. The van der Waals surface area contributed by atoms with E-state index in [2.05, 4.69) is 15.6 Å². The Morgan fingerprint density at radius 2 is 2.09 bits per heavy atom. The number of aryl methyl sites for hydroxylation is 2. The normalized spacial score (nSPS) is 10.1. The number of rotatable bonds is 6. The van der Waals surface area contributed by atoms with E-state index in [-0.39, 0.29) is 6.03 Å². The molecule has 1 aromatic carbocycles. The zero-order chi connectivity index (χ0) is 15.8. The average molecular weight is 299 g/mol. The van der Waals surface area contributed by atoms with Crippen LogP contribution in [0.4, 0.5) is 4.79 Å². The summed E-state index contributed by atoms with van der Waals surface area (Å²) in [7, 11) is 0. The van der Waals surface area contributed by atoms with E-state index < -0.39 is 0 Å². The number of pyridine rings is 1. The summed E-state index contributed by atoms with van der Waals surface area (Å²) in [5, 5.41) is 5.53. The fourth-order valence-corrected chi connectivity index (χ4v) is 1.94. The maximum absolute atomic E-state index is 11.7. The molecule has 1 aromatic heterocycles. The molecule has 0 unspecified atom stereocenters. The van der Waals surface area contributed by atoms with E-state index in [0.29, 0.717) is 19.7 Å². The van der Waals surface area contributed by atoms with Crippen LogP contribution in [0.15, 0.2) is 42.7 Å². The zero-order valence-electron chi connectivity index (χ0n) is 12.9. The van der Waals surface area contributed by atoms with Crippen LogP contribution >= 0.6 is 0 Å². The number of urea groups is 1. The highest BCUT2D eigenvalue weighted by atomic mass is 16.5. The Balaban J connectivity index is 1.66. The minimum Gasteiger partial charge on any atom is -0.491 e. The molecular formula is C17H21N3O2. The number of carbonyl (C=O) groups excluding carboxylic acids is 1. The summed E-state index contributed by atoms with van der Waals surface area (Å²) in [5.41, 5.74) is 3.21. The number of nitrogens with one attached hydrogen (secondary N) is 2. The number of hydrogen-bond donors (Lipinski definition) is 2. The summed E-state index contributed by atoms with van der Waals surface area (Å²) >= 11 is 0. The number of benzene rings is 1. The standard InChI is InChI=1S/C17H21N3O2/c1-13-5-6-14(2)16(10-13)22-9-8-19-17(21)20-12-15-4-3-7-18-11-15/h3-7,10-11H,8-9,12H2,1-2H3,(H2,19,20,21). The van der Waals surface area contributed by atoms with E-state index in [4.69, 9.17) is 4.74 Å². The van der Waals surface area contributed by atoms with Crippen molar-refractivity contribution in [2.45, 2.75) is 20.4 Å². The quantitative estimate of drug-likeness (QED) is 0.806. The molecule has 2 amide bonds. The van der Waals surface area contributed by atoms with Gasteiger partial charge < -0.3 is 15.4 Å². The highest BCUT2D eigenvalue weighted by molar-refractivity contribution is 5.73. The summed E-state index contributed by atoms with van der Waals surface area (Å²) in [4.78, 5) is 15.6. The molecule has 5 heteroatoms. The van der Waals surface area contributed by atoms with Gasteiger partial charge in [0.2, 0.25) is 0 Å². The van der Waals surface area contributed by atoms with Crippen molar-refractivity contribution >= 4 is 6.03 Å². The number of aromatic nitrogens is 1. The van der Waals surface area contributed by atoms with E-state index in [1.165, 1.54) is 0 Å². The molecule has 0 atom stereocenters. The van der Waals surface area contributed by atoms with Crippen LogP contribution in [-0.4, -0.2) is 24.2 Å². The minimum atomic E-state index is -0.214. The molecule has 0 aliphatic rings. The minimum absolute atomic E-state index is 0.214. The Bertz CT molecular complexity index is 615. The Hall–Kier alpha value is -2.56. The molecule has 22 heavy (non-hydrogen) atoms. The Morgan fingerprint density at radius 3 is 2.86 bits per heavy atom. The second-order valence-corrected chi connectivity index (χ2v) is 5.09. The third-order valence-electron chi connectivity index (χ3n) is 3.16. The number of hydrogen-bond acceptors (Lipinski definition) is 3. The van der Waals surface area contributed by atoms with Crippen LogP contribution in [0.2, 0.25) is 0 Å². The summed E-state index contributed by atoms with van der Waals surface area (Å²) in [6.45, 7) is 5.37. The van der Waals surface area contributed by atoms with E-state index >= 15 is 0 Å². The monoisotopic (exact) mass is 299 g/mol. The molecule has 0 aliphatic carbocycles. The highest BCUT2D eigenvalue weighted by Crippen LogP contribution is 2.18. The smallest absolute Gasteiger partial charge is 0.315 e. The lowest BCUT2D eigenvalue weighted by Crippen LogP contribution is -2.37. The first-order valence-corrected chi connectivity index (χ1v) is 7.26. The van der Waals surface area contributed by atoms with Crippen LogP contribution in [0.3, 0.4) is 0 Å². The first-order chi connectivity index (χ1) is 10.6. The Kier molecular flexibility index (Phi) is 5.77. The van der Waals surface area contributed by atoms with Gasteiger partial charge in [-0.05, 0) is 42.7 Å². The van der Waals surface area contributed by atoms with Crippen molar-refractivity contribution in [3.8, 4) is 5.75 Å². The van der Waals surface area contributed by atoms with E-state index in [1.54, 1.807) is 12.4 Å². The van der Waals surface area contributed by atoms with Crippen molar-refractivity contribution in [3.05, 3.63) is 59.4 Å². The molecule has 0 saturated carbocycles. The van der Waals surface area contributed by atoms with Gasteiger partial charge in [-0.25, -0.2) is 4.79 Å². The summed E-state index contributed by atoms with van der Waals surface area (Å²) < 4.78 is 5.68. The third-order valence-corrected chi connectivity index (χ3v) is 3.16. The first kappa shape index (κ1) is 15.8. The topological polar surface area (TPSA) is 63.2 Å². The lowest BCUT2D eigenvalue weighted by atomic mass is 10.1. The molecule has 0 fully saturated rings. The van der Waals surface area contributed by atoms with Crippen LogP contribution < -0.4 is 15.4 Å². The molecule has 2 aromatic rings. The van der Waals surface area contributed by atoms with Gasteiger partial charge in [0.1, 0.15) is 12.4 Å². The van der Waals surface area contributed by atoms with Gasteiger partial charge in [0, 0.05) is 18.9 Å². The summed E-state index contributed by atoms with van der Waals surface area (Å²) in [6, 6.07) is 9.61. The molecule has 0 radical (unpaired) electrons. The number of amides is 2. The van der Waals surface area contributed by atoms with Crippen molar-refractivity contribution in [1.82, 2.24) is 15.6 Å². The van der Waals surface area contributed by atoms with Gasteiger partial charge in [-0.15, -0.1) is 0 Å². The van der Waals surface area contributed by atoms with Gasteiger partial charge in [0.05, 0.1) is 6.54 Å². The SMILES string of the molecule is Cc1ccc(C)c(OCCNC(=O)NCc2cccnc2)c1. The third kappa shape index (κ3) is 5.09. The van der Waals surface area contributed by atoms with Crippen molar-refractivity contribution in [2.24, 2.45) is 0 Å². The number of nitrogens with zero attached hydrogens (tertiary/aromatic N) is 1. The molecule has 116 valence electrons. The van der Waals surface area contributed by atoms with E-state index in [9.17, 15) is 4.79 Å². The number of ether oxygens (including phenoxy) is 1. The van der Waals surface area contributed by atoms with Crippen molar-refractivity contribution in [2.75, 3.05) is 13.2 Å². The number of carbonyl (C=O) groups is 1. The fraction of sp³-hybridized carbons (Fsp3) is 0.294. The molecule has 1 heterocycles. The van der Waals surface area contributed by atoms with Crippen LogP contribution in [0.1, 0.15) is 16.7 Å². The molecule has 2 N–H and O–H groups in total. The summed E-state index contributed by atoms with van der Waals surface area (Å²) in [5.74, 6) is 0.859. The average Bonchev–Trinajstić information content (AvgIpc) is 2.53. The first-order valence-electron chi connectivity index (χ1n) is 7.26. The van der Waals surface area contributed by atoms with Crippen molar-refractivity contribution in [3.63, 3.8) is 0 Å². The maximum atomic E-state index is 11.7. The van der Waals surface area contributed by atoms with Gasteiger partial charge in [-0.3, -0.25) is 4.98 Å². The fourth-order valence-electron chi connectivity index (χ4n) is 1.94. The maximum Gasteiger partial charge on any atom is 0.315 e. The van der Waals surface area contributed by atoms with Crippen molar-refractivity contribution in [1.29, 1.82) is 0 Å². The van der Waals surface area contributed by atoms with Crippen molar-refractivity contribution < 1.29 is 9.53 Å². The second-order valence-electron chi connectivity index (χ2n) is 5.09. The largest absolute Gasteiger partial charge is 0.491 e. The highest BCUT2D eigenvalue weighted by Gasteiger charge is 2.02. The molecule has 0 aliphatic heterocycles. The predicted molar refractivity (Wildman–Crippen MR) is 85.9 cm³/mol. The molecule has 5 nitrogen and oxygen atoms in total. The van der Waals surface area contributed by atoms with E-state index in [0.717, 1.165) is 22.4 Å². The summed E-state index contributed by atoms with van der Waals surface area (Å²) in [6.07, 6.45) is 3.43. The Morgan fingerprint density at radius 1 is 1.23 bits per heavy atom. The van der Waals surface area contributed by atoms with Gasteiger partial charge in [0.15, 0.2) is 0 Å². The van der Waals surface area contributed by atoms with Crippen LogP contribution in [0, 0.1) is 13.8 Å². The van der Waals surface area contributed by atoms with E-state index in [1.807, 2.05) is 44.2 Å². The molecule has 0 spiro atoms. The van der Waals surface area contributed by atoms with Gasteiger partial charge >= 0.3 is 6.03 Å². The van der Waals surface area contributed by atoms with Crippen LogP contribution in [-0.2, 0) is 6.54 Å². The predicted octanol–water partition coefficient (Wildman–Crippen LogP) is 2.58. The molecule has 0 bridgehead atoms. The van der Waals surface area contributed by atoms with Gasteiger partial charge in [0.25, 0.3) is 0 Å². The van der Waals surface area contributed by atoms with Crippen LogP contribution in [0.25, 0.3) is 0 Å². The molecule has 2 rings (SSSR count). The molecular weight excluding hydrogens is 278 g/mol. The van der Waals surface area contributed by atoms with Crippen LogP contribution in [0.5, 0.6) is 5.75 Å². The second kappa shape index (κ2) is 8.02. The lowest BCUT2D eigenvalue weighted by molar-refractivity contribution is 0.236. The van der Waals surface area contributed by atoms with Gasteiger partial charge in [-0.1, -0.05) is 18.2 Å².